The van der Waals surface area contributed by atoms with Crippen LogP contribution < -0.4 is 5.32 Å². The monoisotopic (exact) mass is 229 g/mol. The van der Waals surface area contributed by atoms with Gasteiger partial charge in [-0.2, -0.15) is 0 Å². The summed E-state index contributed by atoms with van der Waals surface area (Å²) in [6.45, 7) is 6.74. The normalized spacial score (nSPS) is 30.7. The van der Waals surface area contributed by atoms with E-state index < -0.39 is 23.8 Å². The summed E-state index contributed by atoms with van der Waals surface area (Å²) in [5.41, 5.74) is 0. The Morgan fingerprint density at radius 1 is 1.50 bits per heavy atom. The van der Waals surface area contributed by atoms with Gasteiger partial charge in [0.1, 0.15) is 5.92 Å². The van der Waals surface area contributed by atoms with E-state index in [9.17, 15) is 9.59 Å². The van der Waals surface area contributed by atoms with Gasteiger partial charge in [0.2, 0.25) is 5.79 Å². The molecule has 92 valence electrons. The maximum absolute atomic E-state index is 11.9. The zero-order valence-electron chi connectivity index (χ0n) is 10.4. The molecule has 0 aromatic carbocycles. The SMILES string of the molecule is CN[C@@H](C)C(=O)C1C(=O)OC(C)(C)OC1C. The van der Waals surface area contributed by atoms with Crippen molar-refractivity contribution in [3.63, 3.8) is 0 Å². The fourth-order valence-corrected chi connectivity index (χ4v) is 1.80. The van der Waals surface area contributed by atoms with Crippen molar-refractivity contribution in [2.45, 2.75) is 45.6 Å². The molecule has 5 heteroatoms. The Hall–Kier alpha value is -0.940. The maximum atomic E-state index is 11.9. The minimum Gasteiger partial charge on any atom is -0.433 e. The van der Waals surface area contributed by atoms with Crippen LogP contribution in [0, 0.1) is 5.92 Å². The molecule has 1 fully saturated rings. The molecule has 16 heavy (non-hydrogen) atoms. The number of ether oxygens (including phenoxy) is 2. The zero-order valence-corrected chi connectivity index (χ0v) is 10.4. The Kier molecular flexibility index (Phi) is 3.70. The van der Waals surface area contributed by atoms with Gasteiger partial charge in [-0.05, 0) is 20.9 Å². The van der Waals surface area contributed by atoms with Gasteiger partial charge in [-0.3, -0.25) is 9.59 Å². The molecule has 1 N–H and O–H groups in total. The molecule has 5 nitrogen and oxygen atoms in total. The summed E-state index contributed by atoms with van der Waals surface area (Å²) >= 11 is 0. The van der Waals surface area contributed by atoms with Crippen LogP contribution in [0.3, 0.4) is 0 Å². The molecular formula is C11H19NO4. The fourth-order valence-electron chi connectivity index (χ4n) is 1.80. The van der Waals surface area contributed by atoms with Crippen LogP contribution >= 0.6 is 0 Å². The Bertz CT molecular complexity index is 300. The van der Waals surface area contributed by atoms with Crippen molar-refractivity contribution in [2.75, 3.05) is 7.05 Å². The molecule has 3 atom stereocenters. The van der Waals surface area contributed by atoms with Crippen molar-refractivity contribution >= 4 is 11.8 Å². The molecule has 2 unspecified atom stereocenters. The summed E-state index contributed by atoms with van der Waals surface area (Å²) in [5.74, 6) is -2.49. The summed E-state index contributed by atoms with van der Waals surface area (Å²) in [7, 11) is 1.67. The molecule has 0 bridgehead atoms. The van der Waals surface area contributed by atoms with Gasteiger partial charge >= 0.3 is 5.97 Å². The van der Waals surface area contributed by atoms with E-state index in [2.05, 4.69) is 5.32 Å². The third-order valence-corrected chi connectivity index (χ3v) is 2.71. The van der Waals surface area contributed by atoms with E-state index in [1.165, 1.54) is 0 Å². The second kappa shape index (κ2) is 4.51. The number of rotatable bonds is 3. The third kappa shape index (κ3) is 2.59. The highest BCUT2D eigenvalue weighted by atomic mass is 16.7. The van der Waals surface area contributed by atoms with Crippen molar-refractivity contribution < 1.29 is 19.1 Å². The number of nitrogens with one attached hydrogen (secondary N) is 1. The molecule has 0 spiro atoms. The van der Waals surface area contributed by atoms with Gasteiger partial charge < -0.3 is 14.8 Å². The van der Waals surface area contributed by atoms with Gasteiger partial charge in [0.15, 0.2) is 5.78 Å². The highest BCUT2D eigenvalue weighted by Gasteiger charge is 2.45. The Morgan fingerprint density at radius 3 is 2.50 bits per heavy atom. The maximum Gasteiger partial charge on any atom is 0.321 e. The smallest absolute Gasteiger partial charge is 0.321 e. The van der Waals surface area contributed by atoms with Gasteiger partial charge in [0.05, 0.1) is 12.1 Å². The van der Waals surface area contributed by atoms with Crippen LogP contribution in [0.1, 0.15) is 27.7 Å². The largest absolute Gasteiger partial charge is 0.433 e. The molecule has 0 aromatic heterocycles. The van der Waals surface area contributed by atoms with Gasteiger partial charge in [0.25, 0.3) is 0 Å². The minimum absolute atomic E-state index is 0.199. The Labute approximate surface area is 95.5 Å². The van der Waals surface area contributed by atoms with Crippen LogP contribution in [-0.2, 0) is 19.1 Å². The van der Waals surface area contributed by atoms with Gasteiger partial charge in [-0.25, -0.2) is 0 Å². The zero-order chi connectivity index (χ0) is 12.5. The highest BCUT2D eigenvalue weighted by Crippen LogP contribution is 2.28. The van der Waals surface area contributed by atoms with Crippen molar-refractivity contribution in [1.29, 1.82) is 0 Å². The predicted octanol–water partition coefficient (Wildman–Crippen LogP) is 0.478. The summed E-state index contributed by atoms with van der Waals surface area (Å²) < 4.78 is 10.5. The van der Waals surface area contributed by atoms with Gasteiger partial charge in [-0.15, -0.1) is 0 Å². The van der Waals surface area contributed by atoms with Gasteiger partial charge in [-0.1, -0.05) is 0 Å². The molecule has 1 aliphatic heterocycles. The van der Waals surface area contributed by atoms with E-state index in [4.69, 9.17) is 9.47 Å². The highest BCUT2D eigenvalue weighted by molar-refractivity contribution is 6.02. The Balaban J connectivity index is 2.82. The van der Waals surface area contributed by atoms with E-state index in [0.717, 1.165) is 0 Å². The van der Waals surface area contributed by atoms with E-state index in [0.29, 0.717) is 0 Å². The summed E-state index contributed by atoms with van der Waals surface area (Å²) in [6, 6.07) is -0.384. The molecule has 0 aliphatic carbocycles. The number of cyclic esters (lactones) is 1. The van der Waals surface area contributed by atoms with Gasteiger partial charge in [0, 0.05) is 13.8 Å². The lowest BCUT2D eigenvalue weighted by atomic mass is 9.92. The molecule has 0 aromatic rings. The number of hydrogen-bond donors (Lipinski definition) is 1. The number of carbonyl (C=O) groups excluding carboxylic acids is 2. The Morgan fingerprint density at radius 2 is 2.06 bits per heavy atom. The second-order valence-corrected chi connectivity index (χ2v) is 4.53. The number of hydrogen-bond acceptors (Lipinski definition) is 5. The lowest BCUT2D eigenvalue weighted by molar-refractivity contribution is -0.265. The molecule has 0 amide bonds. The van der Waals surface area contributed by atoms with Crippen molar-refractivity contribution in [3.05, 3.63) is 0 Å². The standard InChI is InChI=1S/C11H19NO4/c1-6(12-5)9(13)8-7(2)15-11(3,4)16-10(8)14/h6-8,12H,1-5H3/t6-,7?,8?/m0/s1. The summed E-state index contributed by atoms with van der Waals surface area (Å²) in [4.78, 5) is 23.6. The van der Waals surface area contributed by atoms with E-state index in [1.54, 1.807) is 34.7 Å². The first-order valence-corrected chi connectivity index (χ1v) is 5.40. The first-order valence-electron chi connectivity index (χ1n) is 5.40. The first-order chi connectivity index (χ1) is 7.28. The van der Waals surface area contributed by atoms with Crippen LogP contribution in [0.4, 0.5) is 0 Å². The number of carbonyl (C=O) groups is 2. The minimum atomic E-state index is -0.948. The number of likely N-dealkylation sites (N-methyl/N-ethyl adjacent to an activating group) is 1. The second-order valence-electron chi connectivity index (χ2n) is 4.53. The topological polar surface area (TPSA) is 64.6 Å². The lowest BCUT2D eigenvalue weighted by Crippen LogP contribution is -2.53. The number of Topliss-reactive ketones (excluding diaryl/α,β-unsaturated/α-hetero) is 1. The third-order valence-electron chi connectivity index (χ3n) is 2.71. The molecule has 1 heterocycles. The van der Waals surface area contributed by atoms with Crippen LogP contribution in [-0.4, -0.2) is 36.7 Å². The summed E-state index contributed by atoms with van der Waals surface area (Å²) in [5, 5.41) is 2.81. The van der Waals surface area contributed by atoms with Crippen LogP contribution in [0.5, 0.6) is 0 Å². The predicted molar refractivity (Wildman–Crippen MR) is 57.7 cm³/mol. The molecule has 1 aliphatic rings. The quantitative estimate of drug-likeness (QED) is 0.563. The molecule has 1 saturated heterocycles. The molecule has 0 radical (unpaired) electrons. The van der Waals surface area contributed by atoms with Crippen LogP contribution in [0.2, 0.25) is 0 Å². The van der Waals surface area contributed by atoms with Crippen molar-refractivity contribution in [1.82, 2.24) is 5.32 Å². The average Bonchev–Trinajstić information content (AvgIpc) is 2.13. The summed E-state index contributed by atoms with van der Waals surface area (Å²) in [6.07, 6.45) is -0.459. The van der Waals surface area contributed by atoms with E-state index in [1.807, 2.05) is 0 Å². The lowest BCUT2D eigenvalue weighted by Gasteiger charge is -2.38. The molecule has 1 rings (SSSR count). The number of esters is 1. The first kappa shape index (κ1) is 13.1. The van der Waals surface area contributed by atoms with Crippen molar-refractivity contribution in [3.8, 4) is 0 Å². The number of ketones is 1. The van der Waals surface area contributed by atoms with Crippen LogP contribution in [0.15, 0.2) is 0 Å². The van der Waals surface area contributed by atoms with E-state index >= 15 is 0 Å². The van der Waals surface area contributed by atoms with Crippen LogP contribution in [0.25, 0.3) is 0 Å². The fraction of sp³-hybridized carbons (Fsp3) is 0.818. The average molecular weight is 229 g/mol. The molecular weight excluding hydrogens is 210 g/mol. The van der Waals surface area contributed by atoms with E-state index in [-0.39, 0.29) is 11.8 Å². The van der Waals surface area contributed by atoms with Crippen molar-refractivity contribution in [2.24, 2.45) is 5.92 Å². The molecule has 0 saturated carbocycles.